The van der Waals surface area contributed by atoms with Crippen LogP contribution in [0.2, 0.25) is 0 Å². The van der Waals surface area contributed by atoms with Crippen molar-refractivity contribution < 1.29 is 34.6 Å². The van der Waals surface area contributed by atoms with Crippen LogP contribution < -0.4 is 15.0 Å². The van der Waals surface area contributed by atoms with Crippen LogP contribution in [0, 0.1) is 6.92 Å². The Kier molecular flexibility index (Phi) is 7.40. The van der Waals surface area contributed by atoms with Crippen molar-refractivity contribution in [2.75, 3.05) is 0 Å². The summed E-state index contributed by atoms with van der Waals surface area (Å²) in [6.45, 7) is 5.34. The molecule has 0 amide bonds. The summed E-state index contributed by atoms with van der Waals surface area (Å²) in [7, 11) is -5.85. The highest BCUT2D eigenvalue weighted by Crippen LogP contribution is 2.25. The Balaban J connectivity index is 0.000000309. The first-order valence-corrected chi connectivity index (χ1v) is 9.02. The normalized spacial score (nSPS) is 11.5. The molecule has 0 unspecified atom stereocenters. The Hall–Kier alpha value is -2.56. The monoisotopic (exact) mass is 410 g/mol. The largest absolute Gasteiger partial charge is 0.534 e. The van der Waals surface area contributed by atoms with Crippen molar-refractivity contribution in [3.63, 3.8) is 0 Å². The molecule has 2 heterocycles. The van der Waals surface area contributed by atoms with Crippen LogP contribution in [-0.2, 0) is 23.0 Å². The molecule has 0 spiro atoms. The van der Waals surface area contributed by atoms with E-state index in [1.54, 1.807) is 13.8 Å². The molecule has 0 N–H and O–H groups in total. The molecule has 0 radical (unpaired) electrons. The van der Waals surface area contributed by atoms with Gasteiger partial charge in [-0.1, -0.05) is 13.8 Å². The van der Waals surface area contributed by atoms with E-state index >= 15 is 0 Å². The zero-order chi connectivity index (χ0) is 20.8. The third-order valence-corrected chi connectivity index (χ3v) is 4.07. The molecule has 0 aliphatic carbocycles. The van der Waals surface area contributed by atoms with E-state index < -0.39 is 26.8 Å². The van der Waals surface area contributed by atoms with E-state index in [1.807, 2.05) is 6.92 Å². The van der Waals surface area contributed by atoms with Gasteiger partial charge in [0.05, 0.1) is 6.26 Å². The molecule has 7 nitrogen and oxygen atoms in total. The molecule has 0 atom stereocenters. The summed E-state index contributed by atoms with van der Waals surface area (Å²) in [6, 6.07) is 2.40. The maximum atomic E-state index is 12.0. The number of hydrogen-bond acceptors (Lipinski definition) is 7. The predicted octanol–water partition coefficient (Wildman–Crippen LogP) is 2.94. The quantitative estimate of drug-likeness (QED) is 0.564. The lowest BCUT2D eigenvalue weighted by atomic mass is 10.2. The highest BCUT2D eigenvalue weighted by Gasteiger charge is 2.49. The number of aryl methyl sites for hydroxylation is 3. The lowest BCUT2D eigenvalue weighted by Gasteiger charge is -2.08. The van der Waals surface area contributed by atoms with Crippen LogP contribution >= 0.6 is 0 Å². The van der Waals surface area contributed by atoms with Crippen LogP contribution in [0.25, 0.3) is 0 Å². The van der Waals surface area contributed by atoms with Crippen molar-refractivity contribution in [1.82, 2.24) is 0 Å². The lowest BCUT2D eigenvalue weighted by molar-refractivity contribution is -0.0500. The van der Waals surface area contributed by atoms with Gasteiger partial charge in [-0.3, -0.25) is 9.59 Å². The average molecular weight is 410 g/mol. The Labute approximate surface area is 152 Å². The second kappa shape index (κ2) is 8.89. The van der Waals surface area contributed by atoms with Gasteiger partial charge >= 0.3 is 15.6 Å². The van der Waals surface area contributed by atoms with Crippen LogP contribution in [0.4, 0.5) is 13.2 Å². The van der Waals surface area contributed by atoms with E-state index in [9.17, 15) is 31.2 Å². The average Bonchev–Trinajstić information content (AvgIpc) is 2.58. The molecule has 11 heteroatoms. The van der Waals surface area contributed by atoms with Crippen molar-refractivity contribution in [2.24, 2.45) is 0 Å². The molecule has 0 bridgehead atoms. The van der Waals surface area contributed by atoms with E-state index in [0.717, 1.165) is 18.2 Å². The lowest BCUT2D eigenvalue weighted by Crippen LogP contribution is -2.29. The van der Waals surface area contributed by atoms with Gasteiger partial charge in [0, 0.05) is 30.5 Å². The maximum absolute atomic E-state index is 12.0. The zero-order valence-corrected chi connectivity index (χ0v) is 15.4. The predicted molar refractivity (Wildman–Crippen MR) is 89.1 cm³/mol. The second-order valence-electron chi connectivity index (χ2n) is 5.16. The van der Waals surface area contributed by atoms with Crippen molar-refractivity contribution in [3.05, 3.63) is 62.2 Å². The summed E-state index contributed by atoms with van der Waals surface area (Å²) in [4.78, 5) is 22.1. The fourth-order valence-electron chi connectivity index (χ4n) is 1.55. The topological polar surface area (TPSA) is 104 Å². The summed E-state index contributed by atoms with van der Waals surface area (Å²) in [6.07, 6.45) is 3.14. The minimum atomic E-state index is -5.85. The summed E-state index contributed by atoms with van der Waals surface area (Å²) in [5.41, 5.74) is -5.87. The minimum absolute atomic E-state index is 0.0584. The Bertz CT molecular complexity index is 988. The molecule has 2 aromatic rings. The molecular weight excluding hydrogens is 393 g/mol. The number of alkyl halides is 3. The molecule has 0 fully saturated rings. The molecule has 0 aliphatic heterocycles. The molecule has 0 aromatic carbocycles. The third-order valence-electron chi connectivity index (χ3n) is 3.10. The van der Waals surface area contributed by atoms with Gasteiger partial charge in [-0.15, -0.1) is 0 Å². The molecule has 27 heavy (non-hydrogen) atoms. The Morgan fingerprint density at radius 1 is 0.963 bits per heavy atom. The summed E-state index contributed by atoms with van der Waals surface area (Å²) in [5, 5.41) is 0. The molecular formula is C16H17F3O7S. The van der Waals surface area contributed by atoms with Crippen LogP contribution in [0.5, 0.6) is 5.75 Å². The molecule has 0 saturated carbocycles. The number of halogens is 3. The summed E-state index contributed by atoms with van der Waals surface area (Å²) >= 11 is 0. The minimum Gasteiger partial charge on any atom is -0.469 e. The molecule has 2 rings (SSSR count). The SMILES string of the molecule is CCc1cc(=O)c(C)co1.CCc1cc(=O)c(OS(=O)(=O)C(F)(F)F)co1. The fraction of sp³-hybridized carbons (Fsp3) is 0.375. The highest BCUT2D eigenvalue weighted by molar-refractivity contribution is 7.87. The number of rotatable bonds is 4. The fourth-order valence-corrected chi connectivity index (χ4v) is 2.00. The van der Waals surface area contributed by atoms with Gasteiger partial charge < -0.3 is 13.0 Å². The van der Waals surface area contributed by atoms with E-state index in [0.29, 0.717) is 18.2 Å². The zero-order valence-electron chi connectivity index (χ0n) is 14.6. The van der Waals surface area contributed by atoms with Gasteiger partial charge in [0.2, 0.25) is 11.2 Å². The van der Waals surface area contributed by atoms with Crippen molar-refractivity contribution >= 4 is 10.1 Å². The van der Waals surface area contributed by atoms with Gasteiger partial charge in [0.15, 0.2) is 5.43 Å². The summed E-state index contributed by atoms with van der Waals surface area (Å²) < 4.78 is 70.5. The Morgan fingerprint density at radius 3 is 1.85 bits per heavy atom. The van der Waals surface area contributed by atoms with Crippen molar-refractivity contribution in [2.45, 2.75) is 39.1 Å². The van der Waals surface area contributed by atoms with Gasteiger partial charge in [0.1, 0.15) is 17.8 Å². The number of hydrogen-bond donors (Lipinski definition) is 0. The Morgan fingerprint density at radius 2 is 1.44 bits per heavy atom. The van der Waals surface area contributed by atoms with Crippen LogP contribution in [0.1, 0.15) is 30.9 Å². The first-order chi connectivity index (χ1) is 12.4. The second-order valence-corrected chi connectivity index (χ2v) is 6.70. The molecule has 0 saturated heterocycles. The van der Waals surface area contributed by atoms with Gasteiger partial charge in [-0.2, -0.15) is 21.6 Å². The maximum Gasteiger partial charge on any atom is 0.534 e. The van der Waals surface area contributed by atoms with E-state index in [-0.39, 0.29) is 11.2 Å². The van der Waals surface area contributed by atoms with Gasteiger partial charge in [-0.25, -0.2) is 0 Å². The van der Waals surface area contributed by atoms with E-state index in [2.05, 4.69) is 4.18 Å². The third kappa shape index (κ3) is 6.27. The van der Waals surface area contributed by atoms with Gasteiger partial charge in [0.25, 0.3) is 0 Å². The first-order valence-electron chi connectivity index (χ1n) is 7.62. The molecule has 0 aliphatic rings. The van der Waals surface area contributed by atoms with Crippen LogP contribution in [0.3, 0.4) is 0 Å². The molecule has 150 valence electrons. The van der Waals surface area contributed by atoms with Crippen molar-refractivity contribution in [1.29, 1.82) is 0 Å². The van der Waals surface area contributed by atoms with Crippen LogP contribution in [0.15, 0.2) is 43.1 Å². The highest BCUT2D eigenvalue weighted by atomic mass is 32.2. The van der Waals surface area contributed by atoms with E-state index in [4.69, 9.17) is 8.83 Å². The van der Waals surface area contributed by atoms with Crippen molar-refractivity contribution in [3.8, 4) is 5.75 Å². The van der Waals surface area contributed by atoms with Gasteiger partial charge in [-0.05, 0) is 6.92 Å². The smallest absolute Gasteiger partial charge is 0.469 e. The van der Waals surface area contributed by atoms with E-state index in [1.165, 1.54) is 12.3 Å². The first kappa shape index (κ1) is 22.5. The molecule has 2 aromatic heterocycles. The van der Waals surface area contributed by atoms with Crippen LogP contribution in [-0.4, -0.2) is 13.9 Å². The standard InChI is InChI=1S/C8H7F3O5S.C8H10O2/c1-2-5-3-6(12)7(4-15-5)16-17(13,14)8(9,10)11;1-3-7-4-8(9)6(2)5-10-7/h3-4H,2H2,1H3;4-5H,3H2,1-2H3. The summed E-state index contributed by atoms with van der Waals surface area (Å²) in [5.74, 6) is -0.0816.